The van der Waals surface area contributed by atoms with Crippen LogP contribution in [0.3, 0.4) is 0 Å². The van der Waals surface area contributed by atoms with Crippen molar-refractivity contribution in [3.63, 3.8) is 0 Å². The molecule has 1 atom stereocenters. The van der Waals surface area contributed by atoms with Crippen LogP contribution in [0.5, 0.6) is 0 Å². The van der Waals surface area contributed by atoms with Crippen LogP contribution in [-0.4, -0.2) is 11.5 Å². The fourth-order valence-corrected chi connectivity index (χ4v) is 2.19. The smallest absolute Gasteiger partial charge is 0.142 e. The Morgan fingerprint density at radius 2 is 2.05 bits per heavy atom. The number of hydrogen-bond donors (Lipinski definition) is 1. The molecule has 1 aromatic carbocycles. The molecule has 1 aromatic heterocycles. The molecule has 1 N–H and O–H groups in total. The third-order valence-electron chi connectivity index (χ3n) is 3.00. The second kappa shape index (κ2) is 6.77. The highest BCUT2D eigenvalue weighted by atomic mass is 35.5. The molecule has 2 nitrogen and oxygen atoms in total. The first-order valence-corrected chi connectivity index (χ1v) is 6.75. The Kier molecular flexibility index (Phi) is 5.04. The molecule has 0 bridgehead atoms. The van der Waals surface area contributed by atoms with Crippen molar-refractivity contribution >= 4 is 11.6 Å². The molecule has 0 saturated heterocycles. The number of aromatic nitrogens is 1. The predicted molar refractivity (Wildman–Crippen MR) is 75.7 cm³/mol. The number of likely N-dealkylation sites (N-methyl/N-ethyl adjacent to an activating group) is 1. The summed E-state index contributed by atoms with van der Waals surface area (Å²) >= 11 is 5.67. The molecule has 0 aliphatic rings. The number of hydrogen-bond acceptors (Lipinski definition) is 2. The number of rotatable bonds is 5. The minimum atomic E-state index is -0.447. The topological polar surface area (TPSA) is 24.9 Å². The summed E-state index contributed by atoms with van der Waals surface area (Å²) in [6, 6.07) is 6.01. The van der Waals surface area contributed by atoms with Gasteiger partial charge in [-0.3, -0.25) is 4.98 Å². The molecule has 0 aliphatic heterocycles. The number of nitrogens with one attached hydrogen (secondary N) is 1. The maximum Gasteiger partial charge on any atom is 0.142 e. The highest BCUT2D eigenvalue weighted by molar-refractivity contribution is 6.30. The molecule has 0 saturated carbocycles. The van der Waals surface area contributed by atoms with Gasteiger partial charge < -0.3 is 5.32 Å². The molecule has 106 valence electrons. The molecule has 0 radical (unpaired) electrons. The van der Waals surface area contributed by atoms with Crippen LogP contribution in [-0.2, 0) is 6.42 Å². The maximum atomic E-state index is 13.5. The van der Waals surface area contributed by atoms with Crippen LogP contribution in [0, 0.1) is 11.6 Å². The maximum absolute atomic E-state index is 13.5. The summed E-state index contributed by atoms with van der Waals surface area (Å²) in [5, 5.41) is 3.34. The van der Waals surface area contributed by atoms with Crippen molar-refractivity contribution in [1.82, 2.24) is 10.3 Å². The van der Waals surface area contributed by atoms with Gasteiger partial charge in [0.05, 0.1) is 11.2 Å². The van der Waals surface area contributed by atoms with Gasteiger partial charge in [0.25, 0.3) is 0 Å². The second-order valence-corrected chi connectivity index (χ2v) is 4.91. The first-order chi connectivity index (χ1) is 9.60. The van der Waals surface area contributed by atoms with Crippen molar-refractivity contribution in [3.8, 4) is 0 Å². The number of halogens is 3. The quantitative estimate of drug-likeness (QED) is 0.905. The van der Waals surface area contributed by atoms with Crippen LogP contribution in [0.15, 0.2) is 36.7 Å². The van der Waals surface area contributed by atoms with Gasteiger partial charge >= 0.3 is 0 Å². The molecule has 0 fully saturated rings. The van der Waals surface area contributed by atoms with Gasteiger partial charge in [0.15, 0.2) is 0 Å². The Labute approximate surface area is 121 Å². The molecular weight excluding hydrogens is 282 g/mol. The molecule has 1 unspecified atom stereocenters. The fraction of sp³-hybridized carbons (Fsp3) is 0.267. The lowest BCUT2D eigenvalue weighted by molar-refractivity contribution is 0.537. The molecular formula is C15H15ClF2N2. The van der Waals surface area contributed by atoms with E-state index in [1.165, 1.54) is 18.2 Å². The molecule has 20 heavy (non-hydrogen) atoms. The molecule has 1 heterocycles. The van der Waals surface area contributed by atoms with Crippen molar-refractivity contribution in [2.45, 2.75) is 19.4 Å². The molecule has 0 aliphatic carbocycles. The monoisotopic (exact) mass is 296 g/mol. The van der Waals surface area contributed by atoms with Gasteiger partial charge in [-0.15, -0.1) is 0 Å². The zero-order valence-electron chi connectivity index (χ0n) is 11.0. The second-order valence-electron chi connectivity index (χ2n) is 4.50. The highest BCUT2D eigenvalue weighted by Crippen LogP contribution is 2.21. The van der Waals surface area contributed by atoms with Gasteiger partial charge in [0, 0.05) is 12.2 Å². The summed E-state index contributed by atoms with van der Waals surface area (Å²) in [6.07, 6.45) is 3.31. The predicted octanol–water partition coefficient (Wildman–Crippen LogP) is 3.91. The van der Waals surface area contributed by atoms with Crippen molar-refractivity contribution in [1.29, 1.82) is 0 Å². The van der Waals surface area contributed by atoms with Gasteiger partial charge in [0.2, 0.25) is 0 Å². The molecule has 2 aromatic rings. The van der Waals surface area contributed by atoms with Gasteiger partial charge in [0.1, 0.15) is 11.6 Å². The first kappa shape index (κ1) is 14.9. The summed E-state index contributed by atoms with van der Waals surface area (Å²) in [7, 11) is 0. The van der Waals surface area contributed by atoms with E-state index >= 15 is 0 Å². The Bertz CT molecular complexity index is 590. The SMILES string of the molecule is CCNC(Cc1ccc(Cl)c(F)c1)c1cncc(F)c1. The number of benzene rings is 1. The van der Waals surface area contributed by atoms with E-state index < -0.39 is 5.82 Å². The summed E-state index contributed by atoms with van der Waals surface area (Å²) < 4.78 is 26.7. The van der Waals surface area contributed by atoms with E-state index in [9.17, 15) is 8.78 Å². The van der Waals surface area contributed by atoms with Crippen molar-refractivity contribution in [3.05, 3.63) is 64.4 Å². The number of pyridine rings is 1. The van der Waals surface area contributed by atoms with Crippen LogP contribution in [0.25, 0.3) is 0 Å². The van der Waals surface area contributed by atoms with E-state index in [1.54, 1.807) is 12.3 Å². The lowest BCUT2D eigenvalue weighted by Crippen LogP contribution is -2.23. The van der Waals surface area contributed by atoms with Crippen LogP contribution < -0.4 is 5.32 Å². The van der Waals surface area contributed by atoms with Crippen LogP contribution in [0.2, 0.25) is 5.02 Å². The average molecular weight is 297 g/mol. The molecule has 5 heteroatoms. The van der Waals surface area contributed by atoms with Gasteiger partial charge in [-0.2, -0.15) is 0 Å². The van der Waals surface area contributed by atoms with Crippen LogP contribution >= 0.6 is 11.6 Å². The summed E-state index contributed by atoms with van der Waals surface area (Å²) in [4.78, 5) is 3.85. The minimum absolute atomic E-state index is 0.0983. The zero-order valence-corrected chi connectivity index (χ0v) is 11.8. The van der Waals surface area contributed by atoms with Crippen LogP contribution in [0.4, 0.5) is 8.78 Å². The van der Waals surface area contributed by atoms with E-state index in [1.807, 2.05) is 6.92 Å². The third kappa shape index (κ3) is 3.74. The summed E-state index contributed by atoms with van der Waals surface area (Å²) in [5.41, 5.74) is 1.53. The van der Waals surface area contributed by atoms with Crippen molar-refractivity contribution < 1.29 is 8.78 Å². The summed E-state index contributed by atoms with van der Waals surface area (Å²) in [5.74, 6) is -0.829. The Hall–Kier alpha value is -1.52. The number of nitrogens with zero attached hydrogens (tertiary/aromatic N) is 1. The van der Waals surface area contributed by atoms with E-state index in [4.69, 9.17) is 11.6 Å². The Morgan fingerprint density at radius 1 is 1.25 bits per heavy atom. The Balaban J connectivity index is 2.22. The van der Waals surface area contributed by atoms with Gasteiger partial charge in [-0.25, -0.2) is 8.78 Å². The molecule has 0 spiro atoms. The lowest BCUT2D eigenvalue weighted by Gasteiger charge is -2.18. The fourth-order valence-electron chi connectivity index (χ4n) is 2.08. The molecule has 0 amide bonds. The highest BCUT2D eigenvalue weighted by Gasteiger charge is 2.13. The lowest BCUT2D eigenvalue weighted by atomic mass is 10.00. The van der Waals surface area contributed by atoms with E-state index in [0.717, 1.165) is 23.9 Å². The molecule has 2 rings (SSSR count). The van der Waals surface area contributed by atoms with Crippen LogP contribution in [0.1, 0.15) is 24.1 Å². The van der Waals surface area contributed by atoms with E-state index in [0.29, 0.717) is 6.42 Å². The Morgan fingerprint density at radius 3 is 2.70 bits per heavy atom. The van der Waals surface area contributed by atoms with E-state index in [2.05, 4.69) is 10.3 Å². The normalized spacial score (nSPS) is 12.4. The largest absolute Gasteiger partial charge is 0.310 e. The third-order valence-corrected chi connectivity index (χ3v) is 3.31. The minimum Gasteiger partial charge on any atom is -0.310 e. The van der Waals surface area contributed by atoms with E-state index in [-0.39, 0.29) is 16.9 Å². The standard InChI is InChI=1S/C15H15ClF2N2/c1-2-20-15(11-7-12(17)9-19-8-11)6-10-3-4-13(16)14(18)5-10/h3-5,7-9,15,20H,2,6H2,1H3. The zero-order chi connectivity index (χ0) is 14.5. The average Bonchev–Trinajstić information content (AvgIpc) is 2.42. The van der Waals surface area contributed by atoms with Crippen molar-refractivity contribution in [2.75, 3.05) is 6.54 Å². The summed E-state index contributed by atoms with van der Waals surface area (Å²) in [6.45, 7) is 2.68. The first-order valence-electron chi connectivity index (χ1n) is 6.38. The van der Waals surface area contributed by atoms with Gasteiger partial charge in [-0.1, -0.05) is 24.6 Å². The van der Waals surface area contributed by atoms with Gasteiger partial charge in [-0.05, 0) is 42.3 Å². The van der Waals surface area contributed by atoms with Crippen molar-refractivity contribution in [2.24, 2.45) is 0 Å².